The lowest BCUT2D eigenvalue weighted by Gasteiger charge is -2.25. The van der Waals surface area contributed by atoms with Gasteiger partial charge in [-0.25, -0.2) is 0 Å². The van der Waals surface area contributed by atoms with E-state index in [9.17, 15) is 19.8 Å². The van der Waals surface area contributed by atoms with Crippen LogP contribution in [0.4, 0.5) is 5.69 Å². The van der Waals surface area contributed by atoms with Crippen LogP contribution in [0.25, 0.3) is 16.5 Å². The van der Waals surface area contributed by atoms with Crippen molar-refractivity contribution in [3.63, 3.8) is 0 Å². The first-order valence-electron chi connectivity index (χ1n) is 10.1. The van der Waals surface area contributed by atoms with Gasteiger partial charge in [-0.3, -0.25) is 14.5 Å². The molecule has 5 nitrogen and oxygen atoms in total. The molecule has 0 spiro atoms. The Bertz CT molecular complexity index is 1410. The topological polar surface area (TPSA) is 77.8 Å². The summed E-state index contributed by atoms with van der Waals surface area (Å²) in [6.45, 7) is 1.90. The Morgan fingerprint density at radius 1 is 0.938 bits per heavy atom. The van der Waals surface area contributed by atoms with Crippen LogP contribution < -0.4 is 4.90 Å². The van der Waals surface area contributed by atoms with E-state index in [1.165, 1.54) is 22.3 Å². The molecule has 2 heterocycles. The zero-order valence-corrected chi connectivity index (χ0v) is 18.0. The fraction of sp³-hybridized carbons (Fsp3) is 0.0769. The second-order valence-corrected chi connectivity index (χ2v) is 8.60. The Morgan fingerprint density at radius 2 is 1.66 bits per heavy atom. The molecule has 1 aliphatic heterocycles. The van der Waals surface area contributed by atoms with Crippen LogP contribution in [0.5, 0.6) is 5.75 Å². The second kappa shape index (κ2) is 7.66. The van der Waals surface area contributed by atoms with Gasteiger partial charge in [0.1, 0.15) is 17.6 Å². The number of carbonyl (C=O) groups excluding carboxylic acids is 2. The molecule has 5 rings (SSSR count). The van der Waals surface area contributed by atoms with Crippen LogP contribution in [0.15, 0.2) is 83.7 Å². The molecular formula is C26H19NO4S. The summed E-state index contributed by atoms with van der Waals surface area (Å²) in [5.74, 6) is -1.91. The zero-order valence-electron chi connectivity index (χ0n) is 17.1. The monoisotopic (exact) mass is 441 g/mol. The number of rotatable bonds is 3. The third-order valence-corrected chi connectivity index (χ3v) is 6.85. The van der Waals surface area contributed by atoms with Crippen molar-refractivity contribution in [2.75, 3.05) is 4.90 Å². The molecule has 32 heavy (non-hydrogen) atoms. The molecule has 0 aliphatic carbocycles. The molecule has 6 heteroatoms. The Balaban J connectivity index is 1.80. The highest BCUT2D eigenvalue weighted by atomic mass is 32.1. The summed E-state index contributed by atoms with van der Waals surface area (Å²) in [6.07, 6.45) is 0. The van der Waals surface area contributed by atoms with E-state index in [0.29, 0.717) is 5.56 Å². The Hall–Kier alpha value is -3.90. The maximum Gasteiger partial charge on any atom is 0.300 e. The number of aliphatic hydroxyl groups is 1. The fourth-order valence-corrected chi connectivity index (χ4v) is 5.26. The number of aromatic hydroxyl groups is 1. The number of amides is 1. The summed E-state index contributed by atoms with van der Waals surface area (Å²) < 4.78 is 0. The molecule has 1 saturated heterocycles. The van der Waals surface area contributed by atoms with Gasteiger partial charge in [-0.05, 0) is 46.8 Å². The first kappa shape index (κ1) is 20.0. The van der Waals surface area contributed by atoms with Crippen LogP contribution in [0.3, 0.4) is 0 Å². The first-order chi connectivity index (χ1) is 15.5. The standard InChI is InChI=1S/C26H19NO4S/c1-15-13-14-32-25(15)22-21(23(29)18-10-6-8-16-7-2-3-9-17(16)18)24(30)26(31)27(22)19-11-4-5-12-20(19)28/h2-14,22,28-29H,1H3/b23-21+. The van der Waals surface area contributed by atoms with E-state index < -0.39 is 17.7 Å². The van der Waals surface area contributed by atoms with Gasteiger partial charge in [-0.15, -0.1) is 11.3 Å². The van der Waals surface area contributed by atoms with Crippen molar-refractivity contribution in [3.05, 3.63) is 99.8 Å². The van der Waals surface area contributed by atoms with Crippen LogP contribution in [0, 0.1) is 6.92 Å². The highest BCUT2D eigenvalue weighted by Gasteiger charge is 2.48. The number of Topliss-reactive ketones (excluding diaryl/α,β-unsaturated/α-hetero) is 1. The molecule has 1 fully saturated rings. The molecule has 1 aliphatic rings. The maximum atomic E-state index is 13.3. The number of phenols is 1. The van der Waals surface area contributed by atoms with Gasteiger partial charge >= 0.3 is 0 Å². The van der Waals surface area contributed by atoms with Crippen molar-refractivity contribution in [2.24, 2.45) is 0 Å². The SMILES string of the molecule is Cc1ccsc1C1/C(=C(\O)c2cccc3ccccc23)C(=O)C(=O)N1c1ccccc1O. The predicted molar refractivity (Wildman–Crippen MR) is 126 cm³/mol. The third kappa shape index (κ3) is 2.99. The second-order valence-electron chi connectivity index (χ2n) is 7.65. The normalized spacial score (nSPS) is 17.9. The van der Waals surface area contributed by atoms with E-state index >= 15 is 0 Å². The Labute approximate surface area is 188 Å². The van der Waals surface area contributed by atoms with E-state index in [1.807, 2.05) is 54.8 Å². The summed E-state index contributed by atoms with van der Waals surface area (Å²) in [5, 5.41) is 25.5. The van der Waals surface area contributed by atoms with Gasteiger partial charge in [-0.2, -0.15) is 0 Å². The molecule has 3 aromatic carbocycles. The summed E-state index contributed by atoms with van der Waals surface area (Å²) in [5.41, 5.74) is 1.62. The average Bonchev–Trinajstić information content (AvgIpc) is 3.34. The molecule has 4 aromatic rings. The van der Waals surface area contributed by atoms with Crippen molar-refractivity contribution in [1.29, 1.82) is 0 Å². The highest BCUT2D eigenvalue weighted by Crippen LogP contribution is 2.47. The number of hydrogen-bond acceptors (Lipinski definition) is 5. The number of anilines is 1. The number of phenolic OH excluding ortho intramolecular Hbond substituents is 1. The van der Waals surface area contributed by atoms with Crippen LogP contribution in [0.2, 0.25) is 0 Å². The smallest absolute Gasteiger partial charge is 0.300 e. The number of ketones is 1. The van der Waals surface area contributed by atoms with Gasteiger partial charge in [0.15, 0.2) is 0 Å². The average molecular weight is 442 g/mol. The van der Waals surface area contributed by atoms with Gasteiger partial charge in [0.2, 0.25) is 0 Å². The summed E-state index contributed by atoms with van der Waals surface area (Å²) in [7, 11) is 0. The van der Waals surface area contributed by atoms with E-state index in [2.05, 4.69) is 0 Å². The molecule has 2 N–H and O–H groups in total. The van der Waals surface area contributed by atoms with Gasteiger partial charge < -0.3 is 10.2 Å². The molecule has 1 amide bonds. The van der Waals surface area contributed by atoms with Crippen LogP contribution >= 0.6 is 11.3 Å². The Kier molecular flexibility index (Phi) is 4.79. The van der Waals surface area contributed by atoms with Crippen molar-refractivity contribution >= 4 is 45.2 Å². The van der Waals surface area contributed by atoms with Crippen molar-refractivity contribution in [1.82, 2.24) is 0 Å². The minimum atomic E-state index is -0.845. The molecule has 0 bridgehead atoms. The maximum absolute atomic E-state index is 13.3. The number of aliphatic hydroxyl groups excluding tert-OH is 1. The molecule has 158 valence electrons. The summed E-state index contributed by atoms with van der Waals surface area (Å²) in [6, 6.07) is 20.5. The van der Waals surface area contributed by atoms with Crippen LogP contribution in [0.1, 0.15) is 22.0 Å². The minimum absolute atomic E-state index is 0.0140. The van der Waals surface area contributed by atoms with Gasteiger partial charge in [-0.1, -0.05) is 54.6 Å². The van der Waals surface area contributed by atoms with Crippen molar-refractivity contribution in [3.8, 4) is 5.75 Å². The fourth-order valence-electron chi connectivity index (χ4n) is 4.24. The predicted octanol–water partition coefficient (Wildman–Crippen LogP) is 5.54. The Morgan fingerprint density at radius 3 is 2.41 bits per heavy atom. The summed E-state index contributed by atoms with van der Waals surface area (Å²) >= 11 is 1.40. The highest BCUT2D eigenvalue weighted by molar-refractivity contribution is 7.10. The number of para-hydroxylation sites is 2. The number of carbonyl (C=O) groups is 2. The first-order valence-corrected chi connectivity index (χ1v) is 11.0. The lowest BCUT2D eigenvalue weighted by Crippen LogP contribution is -2.29. The molecule has 1 unspecified atom stereocenters. The largest absolute Gasteiger partial charge is 0.507 e. The van der Waals surface area contributed by atoms with E-state index in [-0.39, 0.29) is 22.8 Å². The lowest BCUT2D eigenvalue weighted by molar-refractivity contribution is -0.132. The van der Waals surface area contributed by atoms with Crippen LogP contribution in [-0.2, 0) is 9.59 Å². The number of nitrogens with zero attached hydrogens (tertiary/aromatic N) is 1. The quantitative estimate of drug-likeness (QED) is 0.249. The molecule has 0 saturated carbocycles. The van der Waals surface area contributed by atoms with E-state index in [1.54, 1.807) is 24.3 Å². The number of fused-ring (bicyclic) bond motifs is 1. The lowest BCUT2D eigenvalue weighted by atomic mass is 9.95. The third-order valence-electron chi connectivity index (χ3n) is 5.78. The van der Waals surface area contributed by atoms with E-state index in [4.69, 9.17) is 0 Å². The number of aryl methyl sites for hydroxylation is 1. The number of benzene rings is 3. The minimum Gasteiger partial charge on any atom is -0.507 e. The van der Waals surface area contributed by atoms with Crippen LogP contribution in [-0.4, -0.2) is 21.9 Å². The molecule has 1 atom stereocenters. The van der Waals surface area contributed by atoms with Gasteiger partial charge in [0.25, 0.3) is 11.7 Å². The molecule has 0 radical (unpaired) electrons. The molecule has 1 aromatic heterocycles. The van der Waals surface area contributed by atoms with Gasteiger partial charge in [0, 0.05) is 10.4 Å². The van der Waals surface area contributed by atoms with Crippen molar-refractivity contribution in [2.45, 2.75) is 13.0 Å². The van der Waals surface area contributed by atoms with E-state index in [0.717, 1.165) is 21.2 Å². The molecular weight excluding hydrogens is 422 g/mol. The summed E-state index contributed by atoms with van der Waals surface area (Å²) in [4.78, 5) is 28.5. The number of thiophene rings is 1. The van der Waals surface area contributed by atoms with Crippen molar-refractivity contribution < 1.29 is 19.8 Å². The van der Waals surface area contributed by atoms with Gasteiger partial charge in [0.05, 0.1) is 11.3 Å². The zero-order chi connectivity index (χ0) is 22.4. The number of hydrogen-bond donors (Lipinski definition) is 2.